The summed E-state index contributed by atoms with van der Waals surface area (Å²) in [5.41, 5.74) is 0. The van der Waals surface area contributed by atoms with Crippen molar-refractivity contribution in [3.05, 3.63) is 0 Å². The summed E-state index contributed by atoms with van der Waals surface area (Å²) in [6, 6.07) is 0. The Bertz CT molecular complexity index is 229. The van der Waals surface area contributed by atoms with Crippen molar-refractivity contribution < 1.29 is 9.90 Å². The van der Waals surface area contributed by atoms with Gasteiger partial charge in [0, 0.05) is 25.6 Å². The molecule has 4 nitrogen and oxygen atoms in total. The highest BCUT2D eigenvalue weighted by Gasteiger charge is 2.27. The third-order valence-corrected chi connectivity index (χ3v) is 3.56. The van der Waals surface area contributed by atoms with Gasteiger partial charge in [0.15, 0.2) is 0 Å². The summed E-state index contributed by atoms with van der Waals surface area (Å²) in [6.07, 6.45) is 4.04. The molecule has 15 heavy (non-hydrogen) atoms. The zero-order valence-corrected chi connectivity index (χ0v) is 9.04. The molecule has 0 spiro atoms. The summed E-state index contributed by atoms with van der Waals surface area (Å²) in [7, 11) is 0. The summed E-state index contributed by atoms with van der Waals surface area (Å²) in [5, 5.41) is 15.8. The normalized spacial score (nSPS) is 32.1. The zero-order valence-electron chi connectivity index (χ0n) is 9.04. The molecule has 1 aliphatic heterocycles. The number of carbonyl (C=O) groups excluding carboxylic acids is 1. The molecule has 1 heterocycles. The Morgan fingerprint density at radius 3 is 2.67 bits per heavy atom. The van der Waals surface area contributed by atoms with E-state index < -0.39 is 0 Å². The number of hydrogen-bond acceptors (Lipinski definition) is 3. The summed E-state index contributed by atoms with van der Waals surface area (Å²) in [6.45, 7) is 2.26. The van der Waals surface area contributed by atoms with E-state index in [9.17, 15) is 9.90 Å². The van der Waals surface area contributed by atoms with E-state index in [1.54, 1.807) is 0 Å². The van der Waals surface area contributed by atoms with Crippen LogP contribution in [0.2, 0.25) is 0 Å². The molecule has 0 aromatic carbocycles. The lowest BCUT2D eigenvalue weighted by Gasteiger charge is -2.30. The van der Waals surface area contributed by atoms with Gasteiger partial charge in [-0.3, -0.25) is 4.79 Å². The van der Waals surface area contributed by atoms with Gasteiger partial charge in [-0.05, 0) is 12.8 Å². The minimum absolute atomic E-state index is 0.145. The largest absolute Gasteiger partial charge is 0.393 e. The van der Waals surface area contributed by atoms with Gasteiger partial charge in [0.25, 0.3) is 0 Å². The van der Waals surface area contributed by atoms with Crippen LogP contribution in [0.5, 0.6) is 0 Å². The average Bonchev–Trinajstić information content (AvgIpc) is 2.14. The van der Waals surface area contributed by atoms with Gasteiger partial charge in [0.05, 0.1) is 12.0 Å². The lowest BCUT2D eigenvalue weighted by Crippen LogP contribution is -2.52. The van der Waals surface area contributed by atoms with Crippen LogP contribution < -0.4 is 10.6 Å². The van der Waals surface area contributed by atoms with Crippen LogP contribution in [0.1, 0.15) is 25.7 Å². The minimum Gasteiger partial charge on any atom is -0.393 e. The zero-order chi connectivity index (χ0) is 10.7. The molecule has 0 aromatic rings. The van der Waals surface area contributed by atoms with Gasteiger partial charge in [-0.15, -0.1) is 0 Å². The Morgan fingerprint density at radius 2 is 2.07 bits per heavy atom. The first kappa shape index (κ1) is 10.9. The maximum atomic E-state index is 11.5. The number of aliphatic hydroxyl groups is 1. The average molecular weight is 212 g/mol. The molecule has 2 unspecified atom stereocenters. The number of carbonyl (C=O) groups is 1. The van der Waals surface area contributed by atoms with Gasteiger partial charge in [-0.25, -0.2) is 0 Å². The van der Waals surface area contributed by atoms with Crippen molar-refractivity contribution in [2.75, 3.05) is 19.6 Å². The van der Waals surface area contributed by atoms with Crippen LogP contribution in [-0.4, -0.2) is 36.8 Å². The third-order valence-electron chi connectivity index (χ3n) is 3.56. The first-order valence-corrected chi connectivity index (χ1v) is 5.94. The molecule has 1 saturated carbocycles. The van der Waals surface area contributed by atoms with Gasteiger partial charge < -0.3 is 15.7 Å². The molecule has 0 bridgehead atoms. The number of hydrogen-bond donors (Lipinski definition) is 3. The van der Waals surface area contributed by atoms with E-state index >= 15 is 0 Å². The smallest absolute Gasteiger partial charge is 0.225 e. The second-order valence-corrected chi connectivity index (χ2v) is 4.71. The van der Waals surface area contributed by atoms with Crippen LogP contribution in [-0.2, 0) is 4.79 Å². The van der Waals surface area contributed by atoms with Gasteiger partial charge in [0.2, 0.25) is 5.91 Å². The van der Waals surface area contributed by atoms with Gasteiger partial charge in [-0.1, -0.05) is 12.8 Å². The maximum absolute atomic E-state index is 11.5. The van der Waals surface area contributed by atoms with E-state index in [2.05, 4.69) is 10.6 Å². The Labute approximate surface area is 90.4 Å². The van der Waals surface area contributed by atoms with Crippen LogP contribution in [0.3, 0.4) is 0 Å². The molecular weight excluding hydrogens is 192 g/mol. The SMILES string of the molecule is O=C(NCC1CCCCC1O)C1CNC1. The predicted molar refractivity (Wildman–Crippen MR) is 57.3 cm³/mol. The van der Waals surface area contributed by atoms with Gasteiger partial charge in [0.1, 0.15) is 0 Å². The quantitative estimate of drug-likeness (QED) is 0.611. The van der Waals surface area contributed by atoms with Crippen molar-refractivity contribution in [2.45, 2.75) is 31.8 Å². The second-order valence-electron chi connectivity index (χ2n) is 4.71. The van der Waals surface area contributed by atoms with E-state index in [-0.39, 0.29) is 23.8 Å². The van der Waals surface area contributed by atoms with E-state index in [1.807, 2.05) is 0 Å². The van der Waals surface area contributed by atoms with Crippen LogP contribution >= 0.6 is 0 Å². The maximum Gasteiger partial charge on any atom is 0.225 e. The second kappa shape index (κ2) is 4.94. The fourth-order valence-corrected chi connectivity index (χ4v) is 2.28. The van der Waals surface area contributed by atoms with Gasteiger partial charge >= 0.3 is 0 Å². The van der Waals surface area contributed by atoms with E-state index in [4.69, 9.17) is 0 Å². The number of aliphatic hydroxyl groups excluding tert-OH is 1. The molecule has 1 amide bonds. The van der Waals surface area contributed by atoms with Crippen LogP contribution in [0.25, 0.3) is 0 Å². The van der Waals surface area contributed by atoms with E-state index in [0.717, 1.165) is 32.4 Å². The van der Waals surface area contributed by atoms with Crippen molar-refractivity contribution >= 4 is 5.91 Å². The molecule has 4 heteroatoms. The molecule has 3 N–H and O–H groups in total. The molecule has 2 aliphatic rings. The Morgan fingerprint density at radius 1 is 1.33 bits per heavy atom. The lowest BCUT2D eigenvalue weighted by molar-refractivity contribution is -0.126. The highest BCUT2D eigenvalue weighted by atomic mass is 16.3. The van der Waals surface area contributed by atoms with E-state index in [0.29, 0.717) is 6.54 Å². The highest BCUT2D eigenvalue weighted by Crippen LogP contribution is 2.23. The van der Waals surface area contributed by atoms with Gasteiger partial charge in [-0.2, -0.15) is 0 Å². The first-order chi connectivity index (χ1) is 7.27. The Hall–Kier alpha value is -0.610. The van der Waals surface area contributed by atoms with Crippen LogP contribution in [0.4, 0.5) is 0 Å². The summed E-state index contributed by atoms with van der Waals surface area (Å²) in [5.74, 6) is 0.577. The number of rotatable bonds is 3. The monoisotopic (exact) mass is 212 g/mol. The van der Waals surface area contributed by atoms with Crippen molar-refractivity contribution in [1.82, 2.24) is 10.6 Å². The standard InChI is InChI=1S/C11H20N2O2/c14-10-4-2-1-3-8(10)7-13-11(15)9-5-12-6-9/h8-10,12,14H,1-7H2,(H,13,15). The summed E-state index contributed by atoms with van der Waals surface area (Å²) in [4.78, 5) is 11.5. The van der Waals surface area contributed by atoms with Crippen molar-refractivity contribution in [3.8, 4) is 0 Å². The fourth-order valence-electron chi connectivity index (χ4n) is 2.28. The van der Waals surface area contributed by atoms with Crippen LogP contribution in [0, 0.1) is 11.8 Å². The number of nitrogens with one attached hydrogen (secondary N) is 2. The minimum atomic E-state index is -0.210. The fraction of sp³-hybridized carbons (Fsp3) is 0.909. The molecule has 86 valence electrons. The molecule has 1 aliphatic carbocycles. The molecule has 2 rings (SSSR count). The highest BCUT2D eigenvalue weighted by molar-refractivity contribution is 5.79. The molecule has 2 fully saturated rings. The molecule has 2 atom stereocenters. The summed E-state index contributed by atoms with van der Waals surface area (Å²) >= 11 is 0. The van der Waals surface area contributed by atoms with Crippen molar-refractivity contribution in [2.24, 2.45) is 11.8 Å². The molecule has 0 aromatic heterocycles. The molecular formula is C11H20N2O2. The van der Waals surface area contributed by atoms with Crippen LogP contribution in [0.15, 0.2) is 0 Å². The summed E-state index contributed by atoms with van der Waals surface area (Å²) < 4.78 is 0. The first-order valence-electron chi connectivity index (χ1n) is 5.94. The van der Waals surface area contributed by atoms with Crippen molar-refractivity contribution in [1.29, 1.82) is 0 Å². The Balaban J connectivity index is 1.69. The number of amides is 1. The van der Waals surface area contributed by atoms with E-state index in [1.165, 1.54) is 6.42 Å². The molecule has 0 radical (unpaired) electrons. The topological polar surface area (TPSA) is 61.4 Å². The Kier molecular flexibility index (Phi) is 3.59. The lowest BCUT2D eigenvalue weighted by atomic mass is 9.86. The third kappa shape index (κ3) is 2.69. The predicted octanol–water partition coefficient (Wildman–Crippen LogP) is -0.127. The van der Waals surface area contributed by atoms with Crippen molar-refractivity contribution in [3.63, 3.8) is 0 Å². The molecule has 1 saturated heterocycles.